The Bertz CT molecular complexity index is 846. The first-order valence-corrected chi connectivity index (χ1v) is 11.1. The molecule has 3 nitrogen and oxygen atoms in total. The molecule has 0 bridgehead atoms. The van der Waals surface area contributed by atoms with Crippen LogP contribution in [-0.2, 0) is 10.0 Å². The zero-order chi connectivity index (χ0) is 18.0. The topological polar surface area (TPSA) is 37.4 Å². The molecule has 0 spiro atoms. The minimum absolute atomic E-state index is 0.369. The average Bonchev–Trinajstić information content (AvgIpc) is 2.59. The smallest absolute Gasteiger partial charge is 0.207 e. The predicted octanol–water partition coefficient (Wildman–Crippen LogP) is 5.25. The summed E-state index contributed by atoms with van der Waals surface area (Å²) < 4.78 is 27.1. The maximum atomic E-state index is 12.7. The van der Waals surface area contributed by atoms with Crippen LogP contribution in [0.1, 0.15) is 18.4 Å². The molecule has 0 amide bonds. The molecule has 2 aromatic carbocycles. The van der Waals surface area contributed by atoms with Crippen molar-refractivity contribution in [1.29, 1.82) is 0 Å². The van der Waals surface area contributed by atoms with Gasteiger partial charge in [0.15, 0.2) is 0 Å². The zero-order valence-corrected chi connectivity index (χ0v) is 16.9. The lowest BCUT2D eigenvalue weighted by atomic mass is 10.2. The standard InChI is InChI=1S/C18H19Cl2NO2S2/c1-13-2-5-16(6-3-13)25(22,23)21-10-8-14(9-11-21)24-15-4-7-17(19)18(20)12-15/h2-7,12,14H,8-11H2,1H3. The van der Waals surface area contributed by atoms with Crippen LogP contribution in [0.5, 0.6) is 0 Å². The maximum Gasteiger partial charge on any atom is 0.243 e. The van der Waals surface area contributed by atoms with E-state index in [9.17, 15) is 8.42 Å². The average molecular weight is 416 g/mol. The van der Waals surface area contributed by atoms with Crippen LogP contribution in [-0.4, -0.2) is 31.1 Å². The summed E-state index contributed by atoms with van der Waals surface area (Å²) in [6.07, 6.45) is 1.63. The first kappa shape index (κ1) is 19.1. The van der Waals surface area contributed by atoms with E-state index in [4.69, 9.17) is 23.2 Å². The molecule has 1 heterocycles. The molecule has 25 heavy (non-hydrogen) atoms. The van der Waals surface area contributed by atoms with Crippen LogP contribution in [0.25, 0.3) is 0 Å². The minimum atomic E-state index is -3.40. The third-order valence-electron chi connectivity index (χ3n) is 4.25. The molecule has 0 atom stereocenters. The summed E-state index contributed by atoms with van der Waals surface area (Å²) in [5.74, 6) is 0. The Morgan fingerprint density at radius 3 is 2.24 bits per heavy atom. The normalized spacial score (nSPS) is 16.9. The lowest BCUT2D eigenvalue weighted by Gasteiger charge is -2.31. The first-order valence-electron chi connectivity index (χ1n) is 8.05. The van der Waals surface area contributed by atoms with Gasteiger partial charge in [0.1, 0.15) is 0 Å². The first-order chi connectivity index (χ1) is 11.9. The van der Waals surface area contributed by atoms with E-state index in [1.54, 1.807) is 34.3 Å². The fourth-order valence-electron chi connectivity index (χ4n) is 2.79. The molecule has 7 heteroatoms. The van der Waals surface area contributed by atoms with E-state index < -0.39 is 10.0 Å². The Kier molecular flexibility index (Phi) is 6.01. The number of piperidine rings is 1. The molecule has 0 aromatic heterocycles. The Balaban J connectivity index is 1.63. The fraction of sp³-hybridized carbons (Fsp3) is 0.333. The summed E-state index contributed by atoms with van der Waals surface area (Å²) in [5, 5.41) is 1.47. The molecule has 0 radical (unpaired) electrons. The SMILES string of the molecule is Cc1ccc(S(=O)(=O)N2CCC(Sc3ccc(Cl)c(Cl)c3)CC2)cc1. The van der Waals surface area contributed by atoms with Crippen LogP contribution in [0.4, 0.5) is 0 Å². The second-order valence-electron chi connectivity index (χ2n) is 6.11. The van der Waals surface area contributed by atoms with Crippen molar-refractivity contribution in [3.05, 3.63) is 58.1 Å². The number of sulfonamides is 1. The van der Waals surface area contributed by atoms with Crippen molar-refractivity contribution >= 4 is 45.0 Å². The van der Waals surface area contributed by atoms with Crippen molar-refractivity contribution in [2.45, 2.75) is 34.8 Å². The molecule has 3 rings (SSSR count). The van der Waals surface area contributed by atoms with Gasteiger partial charge in [0.05, 0.1) is 14.9 Å². The number of thioether (sulfide) groups is 1. The number of benzene rings is 2. The van der Waals surface area contributed by atoms with E-state index in [2.05, 4.69) is 0 Å². The van der Waals surface area contributed by atoms with Gasteiger partial charge in [-0.05, 0) is 50.1 Å². The van der Waals surface area contributed by atoms with Crippen LogP contribution in [0.15, 0.2) is 52.3 Å². The molecule has 0 aliphatic carbocycles. The van der Waals surface area contributed by atoms with Crippen LogP contribution < -0.4 is 0 Å². The maximum absolute atomic E-state index is 12.7. The molecule has 1 saturated heterocycles. The Hall–Kier alpha value is -0.720. The van der Waals surface area contributed by atoms with Crippen molar-refractivity contribution in [3.63, 3.8) is 0 Å². The van der Waals surface area contributed by atoms with Gasteiger partial charge in [-0.2, -0.15) is 4.31 Å². The van der Waals surface area contributed by atoms with Crippen LogP contribution >= 0.6 is 35.0 Å². The van der Waals surface area contributed by atoms with Gasteiger partial charge in [-0.25, -0.2) is 8.42 Å². The predicted molar refractivity (Wildman–Crippen MR) is 105 cm³/mol. The third-order valence-corrected chi connectivity index (χ3v) is 8.24. The van der Waals surface area contributed by atoms with Crippen LogP contribution in [0.3, 0.4) is 0 Å². The van der Waals surface area contributed by atoms with Crippen molar-refractivity contribution in [2.75, 3.05) is 13.1 Å². The van der Waals surface area contributed by atoms with E-state index in [1.807, 2.05) is 31.2 Å². The van der Waals surface area contributed by atoms with E-state index in [-0.39, 0.29) is 0 Å². The van der Waals surface area contributed by atoms with Crippen LogP contribution in [0.2, 0.25) is 10.0 Å². The van der Waals surface area contributed by atoms with Gasteiger partial charge in [0, 0.05) is 23.2 Å². The number of nitrogens with zero attached hydrogens (tertiary/aromatic N) is 1. The summed E-state index contributed by atoms with van der Waals surface area (Å²) in [7, 11) is -3.40. The highest BCUT2D eigenvalue weighted by Crippen LogP contribution is 2.35. The summed E-state index contributed by atoms with van der Waals surface area (Å²) in [6.45, 7) is 3.02. The van der Waals surface area contributed by atoms with Gasteiger partial charge >= 0.3 is 0 Å². The van der Waals surface area contributed by atoms with E-state index in [1.165, 1.54) is 0 Å². The fourth-order valence-corrected chi connectivity index (χ4v) is 5.79. The quantitative estimate of drug-likeness (QED) is 0.684. The van der Waals surface area contributed by atoms with Gasteiger partial charge in [-0.1, -0.05) is 40.9 Å². The minimum Gasteiger partial charge on any atom is -0.207 e. The number of hydrogen-bond donors (Lipinski definition) is 0. The number of halogens is 2. The van der Waals surface area contributed by atoms with Crippen molar-refractivity contribution in [2.24, 2.45) is 0 Å². The monoisotopic (exact) mass is 415 g/mol. The number of hydrogen-bond acceptors (Lipinski definition) is 3. The van der Waals surface area contributed by atoms with Crippen molar-refractivity contribution < 1.29 is 8.42 Å². The summed E-state index contributed by atoms with van der Waals surface area (Å²) >= 11 is 13.7. The highest BCUT2D eigenvalue weighted by Gasteiger charge is 2.29. The van der Waals surface area contributed by atoms with Gasteiger partial charge in [0.25, 0.3) is 0 Å². The highest BCUT2D eigenvalue weighted by atomic mass is 35.5. The molecule has 1 fully saturated rings. The Labute approximate surface area is 163 Å². The molecular formula is C18H19Cl2NO2S2. The second-order valence-corrected chi connectivity index (χ2v) is 10.2. The second kappa shape index (κ2) is 7.89. The number of rotatable bonds is 4. The van der Waals surface area contributed by atoms with Gasteiger partial charge in [-0.15, -0.1) is 11.8 Å². The lowest BCUT2D eigenvalue weighted by molar-refractivity contribution is 0.352. The molecule has 0 saturated carbocycles. The van der Waals surface area contributed by atoms with E-state index in [0.29, 0.717) is 33.3 Å². The van der Waals surface area contributed by atoms with Crippen molar-refractivity contribution in [3.8, 4) is 0 Å². The van der Waals surface area contributed by atoms with Gasteiger partial charge < -0.3 is 0 Å². The zero-order valence-electron chi connectivity index (χ0n) is 13.8. The number of aryl methyl sites for hydroxylation is 1. The van der Waals surface area contributed by atoms with E-state index >= 15 is 0 Å². The van der Waals surface area contributed by atoms with Gasteiger partial charge in [-0.3, -0.25) is 0 Å². The summed E-state index contributed by atoms with van der Waals surface area (Å²) in [5.41, 5.74) is 1.05. The third kappa shape index (κ3) is 4.52. The largest absolute Gasteiger partial charge is 0.243 e. The molecule has 1 aliphatic heterocycles. The summed E-state index contributed by atoms with van der Waals surface area (Å²) in [6, 6.07) is 12.6. The summed E-state index contributed by atoms with van der Waals surface area (Å²) in [4.78, 5) is 1.43. The van der Waals surface area contributed by atoms with E-state index in [0.717, 1.165) is 23.3 Å². The van der Waals surface area contributed by atoms with Crippen LogP contribution in [0, 0.1) is 6.92 Å². The Morgan fingerprint density at radius 1 is 1.00 bits per heavy atom. The molecule has 0 unspecified atom stereocenters. The van der Waals surface area contributed by atoms with Crippen molar-refractivity contribution in [1.82, 2.24) is 4.31 Å². The molecular weight excluding hydrogens is 397 g/mol. The Morgan fingerprint density at radius 2 is 1.64 bits per heavy atom. The molecule has 134 valence electrons. The molecule has 0 N–H and O–H groups in total. The lowest BCUT2D eigenvalue weighted by Crippen LogP contribution is -2.39. The van der Waals surface area contributed by atoms with Gasteiger partial charge in [0.2, 0.25) is 10.0 Å². The molecule has 2 aromatic rings. The highest BCUT2D eigenvalue weighted by molar-refractivity contribution is 8.00. The molecule has 1 aliphatic rings.